The van der Waals surface area contributed by atoms with Gasteiger partial charge in [0.05, 0.1) is 4.90 Å². The van der Waals surface area contributed by atoms with E-state index in [0.29, 0.717) is 18.1 Å². The number of rotatable bonds is 8. The second-order valence-corrected chi connectivity index (χ2v) is 7.62. The molecule has 0 aliphatic heterocycles. The lowest BCUT2D eigenvalue weighted by Crippen LogP contribution is -2.26. The minimum atomic E-state index is -3.51. The van der Waals surface area contributed by atoms with Crippen LogP contribution in [0, 0.1) is 6.92 Å². The van der Waals surface area contributed by atoms with Crippen molar-refractivity contribution < 1.29 is 8.42 Å². The van der Waals surface area contributed by atoms with Crippen LogP contribution in [0.4, 0.5) is 0 Å². The van der Waals surface area contributed by atoms with Crippen molar-refractivity contribution in [3.63, 3.8) is 0 Å². The maximum Gasteiger partial charge on any atom is 0.240 e. The smallest absolute Gasteiger partial charge is 0.240 e. The molecule has 4 nitrogen and oxygen atoms in total. The van der Waals surface area contributed by atoms with E-state index in [2.05, 4.69) is 10.0 Å². The summed E-state index contributed by atoms with van der Waals surface area (Å²) in [5.41, 5.74) is 1.63. The Labute approximate surface area is 130 Å². The van der Waals surface area contributed by atoms with E-state index >= 15 is 0 Å². The van der Waals surface area contributed by atoms with Gasteiger partial charge in [-0.1, -0.05) is 11.6 Å². The number of thioether (sulfide) groups is 1. The standard InChI is InChI=1S/C13H21ClN2O2S2/c1-10-11(9-15-2)7-12(14)8-13(10)20(17,18)16-5-4-6-19-3/h7-8,15-16H,4-6,9H2,1-3H3. The summed E-state index contributed by atoms with van der Waals surface area (Å²) in [7, 11) is -1.69. The van der Waals surface area contributed by atoms with Gasteiger partial charge in [0.15, 0.2) is 0 Å². The van der Waals surface area contributed by atoms with Crippen molar-refractivity contribution in [2.45, 2.75) is 24.8 Å². The molecule has 0 heterocycles. The normalized spacial score (nSPS) is 11.8. The highest BCUT2D eigenvalue weighted by molar-refractivity contribution is 7.98. The monoisotopic (exact) mass is 336 g/mol. The minimum absolute atomic E-state index is 0.263. The Morgan fingerprint density at radius 1 is 1.35 bits per heavy atom. The van der Waals surface area contributed by atoms with Crippen LogP contribution < -0.4 is 10.0 Å². The van der Waals surface area contributed by atoms with Crippen LogP contribution in [-0.2, 0) is 16.6 Å². The van der Waals surface area contributed by atoms with Crippen LogP contribution in [0.2, 0.25) is 5.02 Å². The lowest BCUT2D eigenvalue weighted by Gasteiger charge is -2.13. The zero-order chi connectivity index (χ0) is 15.2. The first kappa shape index (κ1) is 17.8. The molecule has 0 saturated heterocycles. The second-order valence-electron chi connectivity index (χ2n) is 4.46. The van der Waals surface area contributed by atoms with E-state index < -0.39 is 10.0 Å². The molecule has 0 radical (unpaired) electrons. The van der Waals surface area contributed by atoms with E-state index in [0.717, 1.165) is 23.3 Å². The minimum Gasteiger partial charge on any atom is -0.316 e. The van der Waals surface area contributed by atoms with Crippen molar-refractivity contribution in [3.05, 3.63) is 28.3 Å². The van der Waals surface area contributed by atoms with Crippen molar-refractivity contribution in [1.82, 2.24) is 10.0 Å². The molecule has 0 amide bonds. The summed E-state index contributed by atoms with van der Waals surface area (Å²) in [6.45, 7) is 2.83. The van der Waals surface area contributed by atoms with Gasteiger partial charge in [0, 0.05) is 18.1 Å². The molecule has 0 bridgehead atoms. The number of halogens is 1. The van der Waals surface area contributed by atoms with Crippen molar-refractivity contribution >= 4 is 33.4 Å². The molecule has 0 saturated carbocycles. The third-order valence-electron chi connectivity index (χ3n) is 2.91. The van der Waals surface area contributed by atoms with Crippen LogP contribution in [0.3, 0.4) is 0 Å². The molecule has 114 valence electrons. The maximum atomic E-state index is 12.3. The summed E-state index contributed by atoms with van der Waals surface area (Å²) < 4.78 is 27.3. The SMILES string of the molecule is CNCc1cc(Cl)cc(S(=O)(=O)NCCCSC)c1C. The molecule has 1 aromatic rings. The van der Waals surface area contributed by atoms with Crippen molar-refractivity contribution in [2.24, 2.45) is 0 Å². The molecule has 7 heteroatoms. The van der Waals surface area contributed by atoms with E-state index in [1.807, 2.05) is 13.3 Å². The Morgan fingerprint density at radius 3 is 2.65 bits per heavy atom. The van der Waals surface area contributed by atoms with Crippen LogP contribution in [0.5, 0.6) is 0 Å². The van der Waals surface area contributed by atoms with E-state index in [4.69, 9.17) is 11.6 Å². The molecular formula is C13H21ClN2O2S2. The third-order valence-corrected chi connectivity index (χ3v) is 5.41. The molecule has 0 aromatic heterocycles. The van der Waals surface area contributed by atoms with Crippen LogP contribution in [0.15, 0.2) is 17.0 Å². The highest BCUT2D eigenvalue weighted by Crippen LogP contribution is 2.24. The van der Waals surface area contributed by atoms with Gasteiger partial charge in [-0.25, -0.2) is 13.1 Å². The Kier molecular flexibility index (Phi) is 7.33. The highest BCUT2D eigenvalue weighted by atomic mass is 35.5. The van der Waals surface area contributed by atoms with Gasteiger partial charge in [-0.3, -0.25) is 0 Å². The molecule has 1 aromatic carbocycles. The van der Waals surface area contributed by atoms with Gasteiger partial charge in [-0.15, -0.1) is 0 Å². The largest absolute Gasteiger partial charge is 0.316 e. The van der Waals surface area contributed by atoms with Crippen molar-refractivity contribution in [2.75, 3.05) is 25.6 Å². The summed E-state index contributed by atoms with van der Waals surface area (Å²) in [5.74, 6) is 0.933. The van der Waals surface area contributed by atoms with Crippen molar-refractivity contribution in [1.29, 1.82) is 0 Å². The summed E-state index contributed by atoms with van der Waals surface area (Å²) in [6.07, 6.45) is 2.81. The number of hydrogen-bond acceptors (Lipinski definition) is 4. The van der Waals surface area contributed by atoms with Crippen molar-refractivity contribution in [3.8, 4) is 0 Å². The van der Waals surface area contributed by atoms with Crippen LogP contribution in [0.25, 0.3) is 0 Å². The van der Waals surface area contributed by atoms with E-state index in [1.165, 1.54) is 6.07 Å². The Balaban J connectivity index is 2.99. The van der Waals surface area contributed by atoms with Crippen LogP contribution in [-0.4, -0.2) is 34.0 Å². The number of benzene rings is 1. The molecule has 0 aliphatic carbocycles. The molecule has 0 spiro atoms. The topological polar surface area (TPSA) is 58.2 Å². The lowest BCUT2D eigenvalue weighted by atomic mass is 10.1. The number of nitrogens with one attached hydrogen (secondary N) is 2. The van der Waals surface area contributed by atoms with Gasteiger partial charge < -0.3 is 5.32 Å². The summed E-state index contributed by atoms with van der Waals surface area (Å²) >= 11 is 7.72. The van der Waals surface area contributed by atoms with Gasteiger partial charge >= 0.3 is 0 Å². The summed E-state index contributed by atoms with van der Waals surface area (Å²) in [4.78, 5) is 0.263. The van der Waals surface area contributed by atoms with Gasteiger partial charge in [-0.2, -0.15) is 11.8 Å². The van der Waals surface area contributed by atoms with Crippen LogP contribution >= 0.6 is 23.4 Å². The van der Waals surface area contributed by atoms with Gasteiger partial charge in [0.1, 0.15) is 0 Å². The zero-order valence-corrected chi connectivity index (χ0v) is 14.4. The molecular weight excluding hydrogens is 316 g/mol. The molecule has 2 N–H and O–H groups in total. The van der Waals surface area contributed by atoms with Crippen LogP contribution in [0.1, 0.15) is 17.5 Å². The summed E-state index contributed by atoms with van der Waals surface area (Å²) in [5, 5.41) is 3.45. The molecule has 0 fully saturated rings. The first-order valence-corrected chi connectivity index (χ1v) is 9.60. The van der Waals surface area contributed by atoms with E-state index in [1.54, 1.807) is 24.8 Å². The number of hydrogen-bond donors (Lipinski definition) is 2. The van der Waals surface area contributed by atoms with Gasteiger partial charge in [0.2, 0.25) is 10.0 Å². The average Bonchev–Trinajstić information content (AvgIpc) is 2.39. The maximum absolute atomic E-state index is 12.3. The van der Waals surface area contributed by atoms with Gasteiger partial charge in [0.25, 0.3) is 0 Å². The molecule has 0 unspecified atom stereocenters. The molecule has 0 atom stereocenters. The fraction of sp³-hybridized carbons (Fsp3) is 0.538. The van der Waals surface area contributed by atoms with E-state index in [-0.39, 0.29) is 4.90 Å². The highest BCUT2D eigenvalue weighted by Gasteiger charge is 2.19. The third kappa shape index (κ3) is 4.93. The predicted octanol–water partition coefficient (Wildman–Crippen LogP) is 2.40. The quantitative estimate of drug-likeness (QED) is 0.716. The first-order chi connectivity index (χ1) is 9.42. The Bertz CT molecular complexity index is 548. The first-order valence-electron chi connectivity index (χ1n) is 6.34. The Hall–Kier alpha value is -0.270. The van der Waals surface area contributed by atoms with Gasteiger partial charge in [-0.05, 0) is 55.7 Å². The molecule has 20 heavy (non-hydrogen) atoms. The summed E-state index contributed by atoms with van der Waals surface area (Å²) in [6, 6.07) is 3.30. The zero-order valence-electron chi connectivity index (χ0n) is 12.0. The fourth-order valence-corrected chi connectivity index (χ4v) is 3.99. The fourth-order valence-electron chi connectivity index (χ4n) is 1.86. The predicted molar refractivity (Wildman–Crippen MR) is 87.1 cm³/mol. The lowest BCUT2D eigenvalue weighted by molar-refractivity contribution is 0.580. The molecule has 0 aliphatic rings. The average molecular weight is 337 g/mol. The number of sulfonamides is 1. The second kappa shape index (κ2) is 8.24. The Morgan fingerprint density at radius 2 is 2.05 bits per heavy atom. The van der Waals surface area contributed by atoms with E-state index in [9.17, 15) is 8.42 Å². The molecule has 1 rings (SSSR count).